The fourth-order valence-corrected chi connectivity index (χ4v) is 1.77. The molecule has 0 bridgehead atoms. The van der Waals surface area contributed by atoms with Crippen molar-refractivity contribution in [1.29, 1.82) is 0 Å². The van der Waals surface area contributed by atoms with Crippen LogP contribution in [0.15, 0.2) is 6.07 Å². The van der Waals surface area contributed by atoms with E-state index in [1.165, 1.54) is 6.42 Å². The lowest BCUT2D eigenvalue weighted by Gasteiger charge is -2.11. The van der Waals surface area contributed by atoms with Gasteiger partial charge in [0.15, 0.2) is 0 Å². The molecule has 0 aromatic carbocycles. The SMILES string of the molecule is CCCNc1cc(NCCCCN(C)C)nc(C)n1. The van der Waals surface area contributed by atoms with Crippen molar-refractivity contribution in [3.05, 3.63) is 11.9 Å². The predicted molar refractivity (Wildman–Crippen MR) is 81.8 cm³/mol. The molecule has 5 heteroatoms. The van der Waals surface area contributed by atoms with Crippen molar-refractivity contribution in [2.24, 2.45) is 0 Å². The number of rotatable bonds is 9. The second-order valence-electron chi connectivity index (χ2n) is 5.05. The van der Waals surface area contributed by atoms with Gasteiger partial charge in [-0.25, -0.2) is 9.97 Å². The van der Waals surface area contributed by atoms with E-state index in [-0.39, 0.29) is 0 Å². The molecule has 0 unspecified atom stereocenters. The average molecular weight is 265 g/mol. The molecule has 0 radical (unpaired) electrons. The molecule has 0 saturated heterocycles. The first-order valence-corrected chi connectivity index (χ1v) is 7.10. The molecule has 2 N–H and O–H groups in total. The van der Waals surface area contributed by atoms with Crippen molar-refractivity contribution in [1.82, 2.24) is 14.9 Å². The molecular formula is C14H27N5. The van der Waals surface area contributed by atoms with Gasteiger partial charge in [0.05, 0.1) is 0 Å². The molecular weight excluding hydrogens is 238 g/mol. The molecule has 0 fully saturated rings. The zero-order valence-corrected chi connectivity index (χ0v) is 12.7. The van der Waals surface area contributed by atoms with Crippen LogP contribution in [0.5, 0.6) is 0 Å². The summed E-state index contributed by atoms with van der Waals surface area (Å²) in [5, 5.41) is 6.66. The molecule has 108 valence electrons. The third kappa shape index (κ3) is 6.96. The van der Waals surface area contributed by atoms with Crippen LogP contribution in [-0.2, 0) is 0 Å². The minimum absolute atomic E-state index is 0.803. The Hall–Kier alpha value is -1.36. The van der Waals surface area contributed by atoms with E-state index in [2.05, 4.69) is 46.5 Å². The van der Waals surface area contributed by atoms with Crippen LogP contribution in [0.1, 0.15) is 32.0 Å². The first-order valence-electron chi connectivity index (χ1n) is 7.10. The van der Waals surface area contributed by atoms with E-state index >= 15 is 0 Å². The van der Waals surface area contributed by atoms with Crippen molar-refractivity contribution in [3.8, 4) is 0 Å². The number of anilines is 2. The molecule has 0 aliphatic heterocycles. The summed E-state index contributed by atoms with van der Waals surface area (Å²) in [6.07, 6.45) is 3.44. The van der Waals surface area contributed by atoms with E-state index in [0.717, 1.165) is 49.9 Å². The Bertz CT molecular complexity index is 365. The maximum atomic E-state index is 4.40. The molecule has 1 heterocycles. The highest BCUT2D eigenvalue weighted by molar-refractivity contribution is 5.47. The zero-order valence-electron chi connectivity index (χ0n) is 12.7. The zero-order chi connectivity index (χ0) is 14.1. The van der Waals surface area contributed by atoms with Gasteiger partial charge in [0.25, 0.3) is 0 Å². The van der Waals surface area contributed by atoms with Crippen LogP contribution < -0.4 is 10.6 Å². The number of nitrogens with zero attached hydrogens (tertiary/aromatic N) is 3. The Morgan fingerprint density at radius 3 is 2.26 bits per heavy atom. The number of nitrogens with one attached hydrogen (secondary N) is 2. The van der Waals surface area contributed by atoms with Crippen molar-refractivity contribution >= 4 is 11.6 Å². The van der Waals surface area contributed by atoms with Gasteiger partial charge in [-0.05, 0) is 46.8 Å². The van der Waals surface area contributed by atoms with Gasteiger partial charge in [0, 0.05) is 19.2 Å². The summed E-state index contributed by atoms with van der Waals surface area (Å²) in [5.41, 5.74) is 0. The van der Waals surface area contributed by atoms with Gasteiger partial charge in [0.2, 0.25) is 0 Å². The highest BCUT2D eigenvalue weighted by atomic mass is 15.1. The lowest BCUT2D eigenvalue weighted by molar-refractivity contribution is 0.396. The highest BCUT2D eigenvalue weighted by Crippen LogP contribution is 2.11. The monoisotopic (exact) mass is 265 g/mol. The Kier molecular flexibility index (Phi) is 7.18. The standard InChI is InChI=1S/C14H27N5/c1-5-8-15-13-11-14(18-12(2)17-13)16-9-6-7-10-19(3)4/h11H,5-10H2,1-4H3,(H2,15,16,17,18). The fraction of sp³-hybridized carbons (Fsp3) is 0.714. The van der Waals surface area contributed by atoms with Crippen LogP contribution in [0.4, 0.5) is 11.6 Å². The van der Waals surface area contributed by atoms with Crippen LogP contribution in [0, 0.1) is 6.92 Å². The average Bonchev–Trinajstić information content (AvgIpc) is 2.35. The number of unbranched alkanes of at least 4 members (excludes halogenated alkanes) is 1. The molecule has 0 aliphatic rings. The van der Waals surface area contributed by atoms with E-state index < -0.39 is 0 Å². The Balaban J connectivity index is 2.38. The highest BCUT2D eigenvalue weighted by Gasteiger charge is 2.01. The molecule has 0 amide bonds. The van der Waals surface area contributed by atoms with Gasteiger partial charge < -0.3 is 15.5 Å². The van der Waals surface area contributed by atoms with Gasteiger partial charge in [-0.3, -0.25) is 0 Å². The van der Waals surface area contributed by atoms with E-state index in [1.807, 2.05) is 13.0 Å². The third-order valence-electron chi connectivity index (χ3n) is 2.73. The molecule has 19 heavy (non-hydrogen) atoms. The molecule has 1 aromatic heterocycles. The second kappa shape index (κ2) is 8.69. The van der Waals surface area contributed by atoms with Gasteiger partial charge in [-0.15, -0.1) is 0 Å². The molecule has 0 aliphatic carbocycles. The molecule has 1 aromatic rings. The van der Waals surface area contributed by atoms with Crippen molar-refractivity contribution in [2.45, 2.75) is 33.1 Å². The summed E-state index contributed by atoms with van der Waals surface area (Å²) >= 11 is 0. The van der Waals surface area contributed by atoms with Crippen LogP contribution >= 0.6 is 0 Å². The van der Waals surface area contributed by atoms with E-state index in [1.54, 1.807) is 0 Å². The summed E-state index contributed by atoms with van der Waals surface area (Å²) in [4.78, 5) is 11.0. The molecule has 0 saturated carbocycles. The quantitative estimate of drug-likeness (QED) is 0.671. The van der Waals surface area contributed by atoms with Gasteiger partial charge in [-0.2, -0.15) is 0 Å². The van der Waals surface area contributed by atoms with Crippen LogP contribution in [0.2, 0.25) is 0 Å². The third-order valence-corrected chi connectivity index (χ3v) is 2.73. The fourth-order valence-electron chi connectivity index (χ4n) is 1.77. The maximum absolute atomic E-state index is 4.40. The lowest BCUT2D eigenvalue weighted by Crippen LogP contribution is -2.14. The van der Waals surface area contributed by atoms with E-state index in [9.17, 15) is 0 Å². The Morgan fingerprint density at radius 2 is 1.68 bits per heavy atom. The molecule has 1 rings (SSSR count). The second-order valence-corrected chi connectivity index (χ2v) is 5.05. The largest absolute Gasteiger partial charge is 0.370 e. The number of aromatic nitrogens is 2. The normalized spacial score (nSPS) is 10.8. The van der Waals surface area contributed by atoms with Crippen molar-refractivity contribution in [2.75, 3.05) is 44.4 Å². The van der Waals surface area contributed by atoms with Crippen molar-refractivity contribution < 1.29 is 0 Å². The van der Waals surface area contributed by atoms with Crippen LogP contribution in [0.25, 0.3) is 0 Å². The Morgan fingerprint density at radius 1 is 1.05 bits per heavy atom. The topological polar surface area (TPSA) is 53.1 Å². The lowest BCUT2D eigenvalue weighted by atomic mass is 10.3. The number of hydrogen-bond acceptors (Lipinski definition) is 5. The first-order chi connectivity index (χ1) is 9.11. The number of hydrogen-bond donors (Lipinski definition) is 2. The van der Waals surface area contributed by atoms with Crippen LogP contribution in [-0.4, -0.2) is 48.6 Å². The van der Waals surface area contributed by atoms with Crippen LogP contribution in [0.3, 0.4) is 0 Å². The minimum atomic E-state index is 0.803. The molecule has 0 spiro atoms. The predicted octanol–water partition coefficient (Wildman–Crippen LogP) is 2.36. The van der Waals surface area contributed by atoms with E-state index in [4.69, 9.17) is 0 Å². The van der Waals surface area contributed by atoms with Gasteiger partial charge in [-0.1, -0.05) is 6.92 Å². The number of aryl methyl sites for hydroxylation is 1. The van der Waals surface area contributed by atoms with E-state index in [0.29, 0.717) is 0 Å². The molecule has 0 atom stereocenters. The molecule has 5 nitrogen and oxygen atoms in total. The summed E-state index contributed by atoms with van der Waals surface area (Å²) < 4.78 is 0. The summed E-state index contributed by atoms with van der Waals surface area (Å²) in [7, 11) is 4.21. The van der Waals surface area contributed by atoms with Crippen molar-refractivity contribution in [3.63, 3.8) is 0 Å². The summed E-state index contributed by atoms with van der Waals surface area (Å²) in [6.45, 7) is 7.10. The Labute approximate surface area is 116 Å². The van der Waals surface area contributed by atoms with Gasteiger partial charge >= 0.3 is 0 Å². The summed E-state index contributed by atoms with van der Waals surface area (Å²) in [5.74, 6) is 2.62. The maximum Gasteiger partial charge on any atom is 0.131 e. The first kappa shape index (κ1) is 15.7. The summed E-state index contributed by atoms with van der Waals surface area (Å²) in [6, 6.07) is 1.98. The minimum Gasteiger partial charge on any atom is -0.370 e. The smallest absolute Gasteiger partial charge is 0.131 e. The van der Waals surface area contributed by atoms with Gasteiger partial charge in [0.1, 0.15) is 17.5 Å².